The van der Waals surface area contributed by atoms with Crippen LogP contribution >= 0.6 is 0 Å². The first-order chi connectivity index (χ1) is 10.1. The molecule has 3 rings (SSSR count). The fraction of sp³-hybridized carbons (Fsp3) is 0.353. The third-order valence-electron chi connectivity index (χ3n) is 3.91. The summed E-state index contributed by atoms with van der Waals surface area (Å²) in [5.41, 5.74) is 2.64. The molecule has 1 heterocycles. The quantitative estimate of drug-likeness (QED) is 0.896. The Morgan fingerprint density at radius 3 is 2.71 bits per heavy atom. The molecule has 110 valence electrons. The van der Waals surface area contributed by atoms with Crippen molar-refractivity contribution in [1.29, 1.82) is 0 Å². The Kier molecular flexibility index (Phi) is 3.97. The minimum atomic E-state index is -0.353. The zero-order valence-electron chi connectivity index (χ0n) is 11.9. The number of pyridine rings is 1. The normalized spacial score (nSPS) is 16.0. The molecule has 2 aromatic rings. The Bertz CT molecular complexity index is 621. The molecule has 0 saturated heterocycles. The molecule has 1 aliphatic carbocycles. The highest BCUT2D eigenvalue weighted by Crippen LogP contribution is 2.40. The third-order valence-corrected chi connectivity index (χ3v) is 3.91. The monoisotopic (exact) mass is 288 g/mol. The Balaban J connectivity index is 1.66. The van der Waals surface area contributed by atoms with Gasteiger partial charge in [0, 0.05) is 18.2 Å². The van der Waals surface area contributed by atoms with E-state index in [0.717, 1.165) is 5.69 Å². The second-order valence-corrected chi connectivity index (χ2v) is 5.63. The maximum absolute atomic E-state index is 13.9. The van der Waals surface area contributed by atoms with Crippen molar-refractivity contribution in [3.05, 3.63) is 65.0 Å². The molecule has 0 radical (unpaired) electrons. The van der Waals surface area contributed by atoms with Gasteiger partial charge in [-0.05, 0) is 49.4 Å². The first kappa shape index (κ1) is 14.1. The number of hydrogen-bond donors (Lipinski definition) is 1. The number of nitrogens with zero attached hydrogens (tertiary/aromatic N) is 1. The molecule has 2 nitrogen and oxygen atoms in total. The second kappa shape index (κ2) is 5.90. The zero-order valence-corrected chi connectivity index (χ0v) is 11.9. The Hall–Kier alpha value is -1.81. The molecular weight excluding hydrogens is 270 g/mol. The van der Waals surface area contributed by atoms with Crippen molar-refractivity contribution in [3.8, 4) is 0 Å². The molecule has 0 bridgehead atoms. The van der Waals surface area contributed by atoms with E-state index in [0.29, 0.717) is 18.0 Å². The molecule has 1 N–H and O–H groups in total. The average Bonchev–Trinajstić information content (AvgIpc) is 3.31. The molecule has 21 heavy (non-hydrogen) atoms. The minimum absolute atomic E-state index is 0.0606. The van der Waals surface area contributed by atoms with Crippen molar-refractivity contribution in [2.45, 2.75) is 38.3 Å². The lowest BCUT2D eigenvalue weighted by molar-refractivity contribution is 0.532. The van der Waals surface area contributed by atoms with Gasteiger partial charge >= 0.3 is 0 Å². The standard InChI is InChI=1S/C17H18F2N2/c1-11(17-7-5-15(18)10-21-17)20-9-14-8-13(12-2-3-12)4-6-16(14)19/h4-8,10-12,20H,2-3,9H2,1H3/t11-/m0/s1. The van der Waals surface area contributed by atoms with Crippen LogP contribution in [0.2, 0.25) is 0 Å². The molecule has 1 fully saturated rings. The summed E-state index contributed by atoms with van der Waals surface area (Å²) in [7, 11) is 0. The number of aromatic nitrogens is 1. The van der Waals surface area contributed by atoms with Crippen LogP contribution in [0.25, 0.3) is 0 Å². The first-order valence-corrected chi connectivity index (χ1v) is 7.26. The molecule has 1 atom stereocenters. The summed E-state index contributed by atoms with van der Waals surface area (Å²) in [6.45, 7) is 2.37. The highest BCUT2D eigenvalue weighted by Gasteiger charge is 2.24. The van der Waals surface area contributed by atoms with Crippen LogP contribution in [0.15, 0.2) is 36.5 Å². The van der Waals surface area contributed by atoms with Gasteiger partial charge in [-0.25, -0.2) is 8.78 Å². The minimum Gasteiger partial charge on any atom is -0.305 e. The average molecular weight is 288 g/mol. The molecule has 1 aromatic heterocycles. The second-order valence-electron chi connectivity index (χ2n) is 5.63. The van der Waals surface area contributed by atoms with Gasteiger partial charge in [-0.1, -0.05) is 12.1 Å². The molecule has 0 unspecified atom stereocenters. The molecule has 1 aromatic carbocycles. The largest absolute Gasteiger partial charge is 0.305 e. The fourth-order valence-electron chi connectivity index (χ4n) is 2.41. The van der Waals surface area contributed by atoms with Gasteiger partial charge in [0.25, 0.3) is 0 Å². The number of halogens is 2. The van der Waals surface area contributed by atoms with Gasteiger partial charge in [-0.15, -0.1) is 0 Å². The van der Waals surface area contributed by atoms with Crippen molar-refractivity contribution in [1.82, 2.24) is 10.3 Å². The maximum Gasteiger partial charge on any atom is 0.141 e. The van der Waals surface area contributed by atoms with E-state index in [2.05, 4.69) is 10.3 Å². The summed E-state index contributed by atoms with van der Waals surface area (Å²) < 4.78 is 26.7. The van der Waals surface area contributed by atoms with E-state index in [-0.39, 0.29) is 17.7 Å². The van der Waals surface area contributed by atoms with E-state index in [1.807, 2.05) is 19.1 Å². The van der Waals surface area contributed by atoms with Crippen LogP contribution in [0.5, 0.6) is 0 Å². The lowest BCUT2D eigenvalue weighted by Gasteiger charge is -2.14. The summed E-state index contributed by atoms with van der Waals surface area (Å²) in [6, 6.07) is 8.34. The van der Waals surface area contributed by atoms with E-state index in [4.69, 9.17) is 0 Å². The van der Waals surface area contributed by atoms with E-state index >= 15 is 0 Å². The third kappa shape index (κ3) is 3.45. The molecule has 0 aliphatic heterocycles. The highest BCUT2D eigenvalue weighted by atomic mass is 19.1. The maximum atomic E-state index is 13.9. The lowest BCUT2D eigenvalue weighted by Crippen LogP contribution is -2.19. The lowest BCUT2D eigenvalue weighted by atomic mass is 10.1. The number of nitrogens with one attached hydrogen (secondary N) is 1. The van der Waals surface area contributed by atoms with Crippen molar-refractivity contribution in [2.75, 3.05) is 0 Å². The summed E-state index contributed by atoms with van der Waals surface area (Å²) in [5, 5.41) is 3.24. The molecule has 0 amide bonds. The van der Waals surface area contributed by atoms with Gasteiger partial charge in [0.2, 0.25) is 0 Å². The van der Waals surface area contributed by atoms with Gasteiger partial charge in [0.1, 0.15) is 11.6 Å². The van der Waals surface area contributed by atoms with Gasteiger partial charge < -0.3 is 5.32 Å². The number of hydrogen-bond acceptors (Lipinski definition) is 2. The van der Waals surface area contributed by atoms with Gasteiger partial charge in [0.15, 0.2) is 0 Å². The van der Waals surface area contributed by atoms with E-state index in [9.17, 15) is 8.78 Å². The van der Waals surface area contributed by atoms with Gasteiger partial charge in [-0.2, -0.15) is 0 Å². The van der Waals surface area contributed by atoms with Crippen LogP contribution in [-0.4, -0.2) is 4.98 Å². The fourth-order valence-corrected chi connectivity index (χ4v) is 2.41. The van der Waals surface area contributed by atoms with Crippen molar-refractivity contribution >= 4 is 0 Å². The number of rotatable bonds is 5. The zero-order chi connectivity index (χ0) is 14.8. The predicted molar refractivity (Wildman–Crippen MR) is 77.8 cm³/mol. The van der Waals surface area contributed by atoms with Crippen LogP contribution in [0, 0.1) is 11.6 Å². The van der Waals surface area contributed by atoms with Crippen LogP contribution in [0.3, 0.4) is 0 Å². The molecule has 0 spiro atoms. The molecule has 1 aliphatic rings. The van der Waals surface area contributed by atoms with Crippen molar-refractivity contribution < 1.29 is 8.78 Å². The molecular formula is C17H18F2N2. The van der Waals surface area contributed by atoms with E-state index < -0.39 is 0 Å². The summed E-state index contributed by atoms with van der Waals surface area (Å²) in [6.07, 6.45) is 3.60. The summed E-state index contributed by atoms with van der Waals surface area (Å²) in [5.74, 6) is 0.0702. The molecule has 1 saturated carbocycles. The Morgan fingerprint density at radius 2 is 2.05 bits per heavy atom. The Morgan fingerprint density at radius 1 is 1.24 bits per heavy atom. The smallest absolute Gasteiger partial charge is 0.141 e. The topological polar surface area (TPSA) is 24.9 Å². The SMILES string of the molecule is C[C@H](NCc1cc(C2CC2)ccc1F)c1ccc(F)cn1. The Labute approximate surface area is 123 Å². The predicted octanol–water partition coefficient (Wildman–Crippen LogP) is 4.09. The van der Waals surface area contributed by atoms with E-state index in [1.54, 1.807) is 12.1 Å². The molecule has 4 heteroatoms. The van der Waals surface area contributed by atoms with Gasteiger partial charge in [0.05, 0.1) is 11.9 Å². The number of benzene rings is 1. The van der Waals surface area contributed by atoms with Crippen LogP contribution in [0.1, 0.15) is 48.5 Å². The summed E-state index contributed by atoms with van der Waals surface area (Å²) >= 11 is 0. The summed E-state index contributed by atoms with van der Waals surface area (Å²) in [4.78, 5) is 4.04. The van der Waals surface area contributed by atoms with E-state index in [1.165, 1.54) is 30.7 Å². The van der Waals surface area contributed by atoms with Crippen LogP contribution in [0.4, 0.5) is 8.78 Å². The van der Waals surface area contributed by atoms with Crippen LogP contribution in [-0.2, 0) is 6.54 Å². The highest BCUT2D eigenvalue weighted by molar-refractivity contribution is 5.30. The van der Waals surface area contributed by atoms with Crippen molar-refractivity contribution in [3.63, 3.8) is 0 Å². The first-order valence-electron chi connectivity index (χ1n) is 7.26. The van der Waals surface area contributed by atoms with Gasteiger partial charge in [-0.3, -0.25) is 4.98 Å². The van der Waals surface area contributed by atoms with Crippen molar-refractivity contribution in [2.24, 2.45) is 0 Å². The van der Waals surface area contributed by atoms with Crippen LogP contribution < -0.4 is 5.32 Å².